The van der Waals surface area contributed by atoms with Crippen molar-refractivity contribution in [2.75, 3.05) is 7.11 Å². The predicted octanol–water partition coefficient (Wildman–Crippen LogP) is 4.08. The fourth-order valence-corrected chi connectivity index (χ4v) is 2.09. The zero-order valence-electron chi connectivity index (χ0n) is 12.5. The minimum absolute atomic E-state index is 0.196. The summed E-state index contributed by atoms with van der Waals surface area (Å²) < 4.78 is 10.4. The summed E-state index contributed by atoms with van der Waals surface area (Å²) in [5.41, 5.74) is 1.33. The van der Waals surface area contributed by atoms with Gasteiger partial charge in [-0.1, -0.05) is 17.7 Å². The predicted molar refractivity (Wildman–Crippen MR) is 84.1 cm³/mol. The van der Waals surface area contributed by atoms with Gasteiger partial charge in [0.05, 0.1) is 18.2 Å². The Bertz CT molecular complexity index is 737. The number of esters is 1. The molecular weight excluding hydrogens is 304 g/mol. The number of hydrogen-bond donors (Lipinski definition) is 0. The van der Waals surface area contributed by atoms with Crippen LogP contribution < -0.4 is 9.47 Å². The molecule has 0 spiro atoms. The van der Waals surface area contributed by atoms with E-state index < -0.39 is 5.97 Å². The first-order chi connectivity index (χ1) is 10.4. The zero-order chi connectivity index (χ0) is 16.3. The molecule has 0 unspecified atom stereocenters. The average molecular weight is 319 g/mol. The van der Waals surface area contributed by atoms with E-state index in [1.165, 1.54) is 20.1 Å². The normalized spacial score (nSPS) is 10.2. The van der Waals surface area contributed by atoms with Crippen molar-refractivity contribution in [2.24, 2.45) is 0 Å². The number of rotatable bonds is 4. The Kier molecular flexibility index (Phi) is 4.83. The number of hydrogen-bond acceptors (Lipinski definition) is 4. The summed E-state index contributed by atoms with van der Waals surface area (Å²) in [5.74, 6) is -0.0470. The summed E-state index contributed by atoms with van der Waals surface area (Å²) in [4.78, 5) is 23.9. The van der Waals surface area contributed by atoms with E-state index >= 15 is 0 Å². The molecule has 0 atom stereocenters. The molecule has 4 nitrogen and oxygen atoms in total. The largest absolute Gasteiger partial charge is 0.497 e. The summed E-state index contributed by atoms with van der Waals surface area (Å²) in [6, 6.07) is 9.68. The Morgan fingerprint density at radius 3 is 2.50 bits per heavy atom. The molecule has 0 aliphatic heterocycles. The van der Waals surface area contributed by atoms with Crippen LogP contribution in [0.15, 0.2) is 36.4 Å². The molecule has 0 heterocycles. The molecule has 0 aliphatic rings. The summed E-state index contributed by atoms with van der Waals surface area (Å²) in [7, 11) is 1.51. The smallest absolute Gasteiger partial charge is 0.343 e. The highest BCUT2D eigenvalue weighted by Crippen LogP contribution is 2.28. The van der Waals surface area contributed by atoms with E-state index in [-0.39, 0.29) is 17.1 Å². The Hall–Kier alpha value is -2.33. The first-order valence-corrected chi connectivity index (χ1v) is 6.97. The van der Waals surface area contributed by atoms with Crippen molar-refractivity contribution in [1.29, 1.82) is 0 Å². The van der Waals surface area contributed by atoms with Gasteiger partial charge >= 0.3 is 5.97 Å². The van der Waals surface area contributed by atoms with Crippen LogP contribution >= 0.6 is 11.6 Å². The van der Waals surface area contributed by atoms with Gasteiger partial charge in [-0.25, -0.2) is 4.79 Å². The number of ether oxygens (including phenoxy) is 2. The third-order valence-corrected chi connectivity index (χ3v) is 3.56. The molecule has 2 aromatic rings. The molecule has 0 aromatic heterocycles. The number of benzene rings is 2. The topological polar surface area (TPSA) is 52.6 Å². The number of ketones is 1. The van der Waals surface area contributed by atoms with E-state index in [1.54, 1.807) is 37.3 Å². The standard InChI is InChI=1S/C17H15ClO4/c1-10-7-16(14(11(2)19)9-15(10)18)22-17(20)12-5-4-6-13(8-12)21-3/h4-9H,1-3H3. The van der Waals surface area contributed by atoms with Crippen LogP contribution in [0.2, 0.25) is 5.02 Å². The summed E-state index contributed by atoms with van der Waals surface area (Å²) in [5, 5.41) is 0.450. The molecule has 22 heavy (non-hydrogen) atoms. The van der Waals surface area contributed by atoms with E-state index in [1.807, 2.05) is 0 Å². The van der Waals surface area contributed by atoms with E-state index in [0.29, 0.717) is 16.3 Å². The number of methoxy groups -OCH3 is 1. The van der Waals surface area contributed by atoms with Gasteiger partial charge in [0.1, 0.15) is 11.5 Å². The zero-order valence-corrected chi connectivity index (χ0v) is 13.2. The van der Waals surface area contributed by atoms with Crippen molar-refractivity contribution < 1.29 is 19.1 Å². The van der Waals surface area contributed by atoms with Crippen LogP contribution in [0, 0.1) is 6.92 Å². The number of Topliss-reactive ketones (excluding diaryl/α,β-unsaturated/α-hetero) is 1. The molecule has 0 aliphatic carbocycles. The molecule has 0 amide bonds. The van der Waals surface area contributed by atoms with Crippen LogP contribution in [-0.2, 0) is 0 Å². The van der Waals surface area contributed by atoms with Crippen LogP contribution in [0.25, 0.3) is 0 Å². The van der Waals surface area contributed by atoms with E-state index in [2.05, 4.69) is 0 Å². The molecule has 2 aromatic carbocycles. The van der Waals surface area contributed by atoms with Crippen molar-refractivity contribution in [2.45, 2.75) is 13.8 Å². The van der Waals surface area contributed by atoms with E-state index in [9.17, 15) is 9.59 Å². The Labute approximate surface area is 133 Å². The lowest BCUT2D eigenvalue weighted by Crippen LogP contribution is -2.11. The number of carbonyl (C=O) groups excluding carboxylic acids is 2. The van der Waals surface area contributed by atoms with Crippen LogP contribution in [0.5, 0.6) is 11.5 Å². The quantitative estimate of drug-likeness (QED) is 0.484. The molecule has 114 valence electrons. The Morgan fingerprint density at radius 2 is 1.86 bits per heavy atom. The first kappa shape index (κ1) is 16.0. The lowest BCUT2D eigenvalue weighted by atomic mass is 10.1. The number of aryl methyl sites for hydroxylation is 1. The average Bonchev–Trinajstić information content (AvgIpc) is 2.50. The molecule has 0 bridgehead atoms. The second-order valence-corrected chi connectivity index (χ2v) is 5.18. The van der Waals surface area contributed by atoms with E-state index in [4.69, 9.17) is 21.1 Å². The molecule has 0 N–H and O–H groups in total. The summed E-state index contributed by atoms with van der Waals surface area (Å²) >= 11 is 6.01. The summed E-state index contributed by atoms with van der Waals surface area (Å²) in [6.45, 7) is 3.17. The monoisotopic (exact) mass is 318 g/mol. The number of halogens is 1. The van der Waals surface area contributed by atoms with E-state index in [0.717, 1.165) is 5.56 Å². The molecule has 0 saturated heterocycles. The van der Waals surface area contributed by atoms with Crippen LogP contribution in [-0.4, -0.2) is 18.9 Å². The highest BCUT2D eigenvalue weighted by molar-refractivity contribution is 6.31. The van der Waals surface area contributed by atoms with Crippen molar-refractivity contribution in [3.8, 4) is 11.5 Å². The highest BCUT2D eigenvalue weighted by atomic mass is 35.5. The molecule has 0 saturated carbocycles. The van der Waals surface area contributed by atoms with Gasteiger partial charge in [0, 0.05) is 5.02 Å². The third kappa shape index (κ3) is 3.46. The van der Waals surface area contributed by atoms with Crippen molar-refractivity contribution in [1.82, 2.24) is 0 Å². The first-order valence-electron chi connectivity index (χ1n) is 6.59. The molecule has 5 heteroatoms. The van der Waals surface area contributed by atoms with Crippen LogP contribution in [0.3, 0.4) is 0 Å². The van der Waals surface area contributed by atoms with Gasteiger partial charge < -0.3 is 9.47 Å². The minimum Gasteiger partial charge on any atom is -0.497 e. The Balaban J connectivity index is 2.35. The SMILES string of the molecule is COc1cccc(C(=O)Oc2cc(C)c(Cl)cc2C(C)=O)c1. The van der Waals surface area contributed by atoms with Crippen molar-refractivity contribution in [3.05, 3.63) is 58.1 Å². The lowest BCUT2D eigenvalue weighted by molar-refractivity contribution is 0.0732. The second kappa shape index (κ2) is 6.62. The van der Waals surface area contributed by atoms with Gasteiger partial charge in [-0.15, -0.1) is 0 Å². The molecular formula is C17H15ClO4. The maximum absolute atomic E-state index is 12.2. The second-order valence-electron chi connectivity index (χ2n) is 4.78. The lowest BCUT2D eigenvalue weighted by Gasteiger charge is -2.11. The molecule has 2 rings (SSSR count). The maximum atomic E-state index is 12.2. The van der Waals surface area contributed by atoms with Crippen molar-refractivity contribution >= 4 is 23.4 Å². The van der Waals surface area contributed by atoms with Crippen LogP contribution in [0.4, 0.5) is 0 Å². The van der Waals surface area contributed by atoms with Gasteiger partial charge in [-0.3, -0.25) is 4.79 Å². The fourth-order valence-electron chi connectivity index (χ4n) is 1.92. The highest BCUT2D eigenvalue weighted by Gasteiger charge is 2.16. The fraction of sp³-hybridized carbons (Fsp3) is 0.176. The van der Waals surface area contributed by atoms with Crippen LogP contribution in [0.1, 0.15) is 33.2 Å². The van der Waals surface area contributed by atoms with Crippen molar-refractivity contribution in [3.63, 3.8) is 0 Å². The summed E-state index contributed by atoms with van der Waals surface area (Å²) in [6.07, 6.45) is 0. The Morgan fingerprint density at radius 1 is 1.14 bits per heavy atom. The van der Waals surface area contributed by atoms with Gasteiger partial charge in [0.25, 0.3) is 0 Å². The number of carbonyl (C=O) groups is 2. The molecule has 0 radical (unpaired) electrons. The maximum Gasteiger partial charge on any atom is 0.343 e. The van der Waals surface area contributed by atoms with Gasteiger partial charge in [0.15, 0.2) is 5.78 Å². The minimum atomic E-state index is -0.567. The van der Waals surface area contributed by atoms with Gasteiger partial charge in [-0.05, 0) is 49.7 Å². The van der Waals surface area contributed by atoms with Gasteiger partial charge in [-0.2, -0.15) is 0 Å². The third-order valence-electron chi connectivity index (χ3n) is 3.15. The molecule has 0 fully saturated rings. The van der Waals surface area contributed by atoms with Gasteiger partial charge in [0.2, 0.25) is 0 Å².